The Bertz CT molecular complexity index is 622. The van der Waals surface area contributed by atoms with Gasteiger partial charge in [0.1, 0.15) is 5.82 Å². The number of methoxy groups -OCH3 is 1. The molecule has 2 heterocycles. The monoisotopic (exact) mass is 336 g/mol. The zero-order valence-electron chi connectivity index (χ0n) is 14.1. The quantitative estimate of drug-likeness (QED) is 0.841. The summed E-state index contributed by atoms with van der Waals surface area (Å²) >= 11 is 1.63. The van der Waals surface area contributed by atoms with Crippen LogP contribution in [0.2, 0.25) is 0 Å². The van der Waals surface area contributed by atoms with Crippen LogP contribution >= 0.6 is 11.3 Å². The van der Waals surface area contributed by atoms with Crippen molar-refractivity contribution < 1.29 is 9.53 Å². The number of hydrogen-bond acceptors (Lipinski definition) is 4. The fourth-order valence-electron chi connectivity index (χ4n) is 2.25. The normalized spacial score (nSPS) is 11.0. The zero-order chi connectivity index (χ0) is 16.8. The van der Waals surface area contributed by atoms with E-state index in [-0.39, 0.29) is 12.1 Å². The maximum absolute atomic E-state index is 12.7. The highest BCUT2D eigenvalue weighted by Crippen LogP contribution is 2.17. The van der Waals surface area contributed by atoms with E-state index in [4.69, 9.17) is 4.74 Å². The van der Waals surface area contributed by atoms with Crippen molar-refractivity contribution in [2.45, 2.75) is 33.4 Å². The molecule has 0 unspecified atom stereocenters. The number of carbonyl (C=O) groups is 1. The van der Waals surface area contributed by atoms with E-state index < -0.39 is 0 Å². The minimum atomic E-state index is -0.143. The number of thiophene rings is 1. The molecule has 0 aliphatic rings. The van der Waals surface area contributed by atoms with Crippen LogP contribution in [-0.4, -0.2) is 41.0 Å². The lowest BCUT2D eigenvalue weighted by atomic mass is 10.3. The summed E-state index contributed by atoms with van der Waals surface area (Å²) in [6, 6.07) is 3.95. The van der Waals surface area contributed by atoms with Crippen molar-refractivity contribution in [3.05, 3.63) is 34.2 Å². The third-order valence-electron chi connectivity index (χ3n) is 3.39. The van der Waals surface area contributed by atoms with E-state index in [1.807, 2.05) is 43.0 Å². The third-order valence-corrected chi connectivity index (χ3v) is 4.12. The first-order valence-electron chi connectivity index (χ1n) is 7.63. The largest absolute Gasteiger partial charge is 0.383 e. The number of urea groups is 1. The number of aromatic nitrogens is 2. The molecule has 0 radical (unpaired) electrons. The summed E-state index contributed by atoms with van der Waals surface area (Å²) in [4.78, 5) is 14.4. The predicted molar refractivity (Wildman–Crippen MR) is 93.0 cm³/mol. The van der Waals surface area contributed by atoms with Gasteiger partial charge in [-0.2, -0.15) is 16.4 Å². The average Bonchev–Trinajstić information content (AvgIpc) is 3.12. The number of nitrogens with zero attached hydrogens (tertiary/aromatic N) is 3. The van der Waals surface area contributed by atoms with Gasteiger partial charge in [0.05, 0.1) is 12.3 Å². The molecule has 0 aliphatic heterocycles. The van der Waals surface area contributed by atoms with Crippen LogP contribution in [0.3, 0.4) is 0 Å². The Balaban J connectivity index is 2.10. The van der Waals surface area contributed by atoms with E-state index in [9.17, 15) is 4.79 Å². The van der Waals surface area contributed by atoms with Crippen LogP contribution in [0.25, 0.3) is 0 Å². The van der Waals surface area contributed by atoms with E-state index in [1.165, 1.54) is 0 Å². The average molecular weight is 336 g/mol. The molecular formula is C16H24N4O2S. The topological polar surface area (TPSA) is 59.4 Å². The van der Waals surface area contributed by atoms with Gasteiger partial charge in [-0.1, -0.05) is 0 Å². The smallest absolute Gasteiger partial charge is 0.323 e. The minimum absolute atomic E-state index is 0.143. The molecule has 0 spiro atoms. The SMILES string of the molecule is COCCN(Cc1ccsc1)C(=O)Nc1cc(C)nn1C(C)C. The van der Waals surface area contributed by atoms with Crippen LogP contribution < -0.4 is 5.32 Å². The maximum Gasteiger partial charge on any atom is 0.323 e. The van der Waals surface area contributed by atoms with E-state index in [0.717, 1.165) is 17.1 Å². The number of carbonyl (C=O) groups excluding carboxylic acids is 1. The number of nitrogens with one attached hydrogen (secondary N) is 1. The Kier molecular flexibility index (Phi) is 6.18. The number of hydrogen-bond donors (Lipinski definition) is 1. The van der Waals surface area contributed by atoms with E-state index in [2.05, 4.69) is 15.8 Å². The molecular weight excluding hydrogens is 312 g/mol. The van der Waals surface area contributed by atoms with Crippen molar-refractivity contribution in [3.8, 4) is 0 Å². The molecule has 0 aliphatic carbocycles. The van der Waals surface area contributed by atoms with Gasteiger partial charge < -0.3 is 9.64 Å². The van der Waals surface area contributed by atoms with E-state index in [0.29, 0.717) is 19.7 Å². The predicted octanol–water partition coefficient (Wildman–Crippen LogP) is 3.51. The van der Waals surface area contributed by atoms with Gasteiger partial charge in [0.15, 0.2) is 0 Å². The second kappa shape index (κ2) is 8.12. The summed E-state index contributed by atoms with van der Waals surface area (Å²) in [5.74, 6) is 0.718. The molecule has 0 bridgehead atoms. The molecule has 0 atom stereocenters. The van der Waals surface area contributed by atoms with Crippen LogP contribution in [0.1, 0.15) is 31.1 Å². The summed E-state index contributed by atoms with van der Waals surface area (Å²) in [6.45, 7) is 7.59. The molecule has 2 aromatic rings. The highest BCUT2D eigenvalue weighted by Gasteiger charge is 2.17. The molecule has 6 nitrogen and oxygen atoms in total. The Morgan fingerprint density at radius 1 is 1.52 bits per heavy atom. The first-order valence-corrected chi connectivity index (χ1v) is 8.57. The summed E-state index contributed by atoms with van der Waals surface area (Å²) < 4.78 is 6.95. The lowest BCUT2D eigenvalue weighted by molar-refractivity contribution is 0.152. The summed E-state index contributed by atoms with van der Waals surface area (Å²) in [6.07, 6.45) is 0. The molecule has 2 rings (SSSR count). The van der Waals surface area contributed by atoms with Gasteiger partial charge in [-0.05, 0) is 43.2 Å². The number of aryl methyl sites for hydroxylation is 1. The first kappa shape index (κ1) is 17.5. The molecule has 0 saturated carbocycles. The van der Waals surface area contributed by atoms with Gasteiger partial charge in [-0.25, -0.2) is 9.48 Å². The fourth-order valence-corrected chi connectivity index (χ4v) is 2.91. The molecule has 0 saturated heterocycles. The summed E-state index contributed by atoms with van der Waals surface area (Å²) in [5, 5.41) is 11.5. The molecule has 0 fully saturated rings. The van der Waals surface area contributed by atoms with Crippen LogP contribution in [0.4, 0.5) is 10.6 Å². The summed E-state index contributed by atoms with van der Waals surface area (Å²) in [5.41, 5.74) is 2.00. The zero-order valence-corrected chi connectivity index (χ0v) is 14.9. The van der Waals surface area contributed by atoms with Crippen LogP contribution in [0.5, 0.6) is 0 Å². The summed E-state index contributed by atoms with van der Waals surface area (Å²) in [7, 11) is 1.64. The van der Waals surface area contributed by atoms with Crippen LogP contribution in [-0.2, 0) is 11.3 Å². The maximum atomic E-state index is 12.7. The van der Waals surface area contributed by atoms with Gasteiger partial charge in [-0.15, -0.1) is 0 Å². The standard InChI is InChI=1S/C16H24N4O2S/c1-12(2)20-15(9-13(3)18-20)17-16(21)19(6-7-22-4)10-14-5-8-23-11-14/h5,8-9,11-12H,6-7,10H2,1-4H3,(H,17,21). The second-order valence-corrected chi connectivity index (χ2v) is 6.47. The number of amides is 2. The Hall–Kier alpha value is -1.86. The lowest BCUT2D eigenvalue weighted by Gasteiger charge is -2.23. The Labute approximate surface area is 141 Å². The van der Waals surface area contributed by atoms with Crippen molar-refractivity contribution in [2.75, 3.05) is 25.6 Å². The van der Waals surface area contributed by atoms with E-state index in [1.54, 1.807) is 23.3 Å². The highest BCUT2D eigenvalue weighted by molar-refractivity contribution is 7.07. The van der Waals surface area contributed by atoms with E-state index >= 15 is 0 Å². The molecule has 1 N–H and O–H groups in total. The van der Waals surface area contributed by atoms with Gasteiger partial charge in [0.25, 0.3) is 0 Å². The second-order valence-electron chi connectivity index (χ2n) is 5.69. The van der Waals surface area contributed by atoms with Crippen molar-refractivity contribution in [1.29, 1.82) is 0 Å². The molecule has 0 aromatic carbocycles. The Morgan fingerprint density at radius 3 is 2.91 bits per heavy atom. The number of ether oxygens (including phenoxy) is 1. The van der Waals surface area contributed by atoms with Gasteiger partial charge in [0, 0.05) is 32.3 Å². The highest BCUT2D eigenvalue weighted by atomic mass is 32.1. The number of rotatable bonds is 7. The Morgan fingerprint density at radius 2 is 2.30 bits per heavy atom. The van der Waals surface area contributed by atoms with Crippen LogP contribution in [0, 0.1) is 6.92 Å². The molecule has 23 heavy (non-hydrogen) atoms. The van der Waals surface area contributed by atoms with Crippen molar-refractivity contribution in [2.24, 2.45) is 0 Å². The first-order chi connectivity index (χ1) is 11.0. The van der Waals surface area contributed by atoms with Crippen molar-refractivity contribution in [1.82, 2.24) is 14.7 Å². The molecule has 126 valence electrons. The van der Waals surface area contributed by atoms with Crippen molar-refractivity contribution >= 4 is 23.2 Å². The molecule has 2 amide bonds. The minimum Gasteiger partial charge on any atom is -0.383 e. The van der Waals surface area contributed by atoms with Crippen molar-refractivity contribution in [3.63, 3.8) is 0 Å². The molecule has 7 heteroatoms. The van der Waals surface area contributed by atoms with Gasteiger partial charge in [-0.3, -0.25) is 5.32 Å². The van der Waals surface area contributed by atoms with Gasteiger partial charge in [0.2, 0.25) is 0 Å². The van der Waals surface area contributed by atoms with Gasteiger partial charge >= 0.3 is 6.03 Å². The molecule has 2 aromatic heterocycles. The number of anilines is 1. The fraction of sp³-hybridized carbons (Fsp3) is 0.500. The lowest BCUT2D eigenvalue weighted by Crippen LogP contribution is -2.37. The van der Waals surface area contributed by atoms with Crippen LogP contribution in [0.15, 0.2) is 22.9 Å². The third kappa shape index (κ3) is 4.80.